The predicted molar refractivity (Wildman–Crippen MR) is 231 cm³/mol. The van der Waals surface area contributed by atoms with Gasteiger partial charge in [-0.05, 0) is 66.1 Å². The fourth-order valence-corrected chi connectivity index (χ4v) is 6.32. The highest BCUT2D eigenvalue weighted by atomic mass is 16.2. The highest BCUT2D eigenvalue weighted by Gasteiger charge is 2.20. The van der Waals surface area contributed by atoms with Gasteiger partial charge in [0.2, 0.25) is 0 Å². The van der Waals surface area contributed by atoms with Crippen LogP contribution in [0.15, 0.2) is 162 Å². The summed E-state index contributed by atoms with van der Waals surface area (Å²) in [5.74, 6) is -0.657. The third-order valence-electron chi connectivity index (χ3n) is 8.95. The molecule has 0 aliphatic heterocycles. The summed E-state index contributed by atoms with van der Waals surface area (Å²) >= 11 is 0. The maximum absolute atomic E-state index is 13.0. The van der Waals surface area contributed by atoms with Crippen LogP contribution in [0, 0.1) is 22.7 Å². The number of allylic oxidation sites excluding steroid dienone is 1. The number of aromatic amines is 2. The number of aldehydes is 1. The Hall–Kier alpha value is -8.67. The van der Waals surface area contributed by atoms with Crippen molar-refractivity contribution in [1.29, 1.82) is 10.5 Å². The van der Waals surface area contributed by atoms with Crippen molar-refractivity contribution in [3.63, 3.8) is 0 Å². The van der Waals surface area contributed by atoms with Crippen LogP contribution in [0.4, 0.5) is 0 Å². The number of hydrogen-bond donors (Lipinski definition) is 2. The minimum absolute atomic E-state index is 0. The first kappa shape index (κ1) is 40.0. The number of fused-ring (bicyclic) bond motifs is 2. The number of hydrogen-bond acceptors (Lipinski definition) is 9. The maximum Gasteiger partial charge on any atom is 0.260 e. The SMILES string of the molecule is CC(=O)c1c(-c2ccccc2)c2ccncc2[nH]c1=O.N#Cc1cccc(/C=C/C(=O)c2c(-c3ccccc3)c3ccncc3[nH]c2=O)c1.N#Cc1cccc(C=O)c1.[HH].[HH]. The average molecular weight is 777 g/mol. The van der Waals surface area contributed by atoms with E-state index >= 15 is 0 Å². The first-order valence-electron chi connectivity index (χ1n) is 18.0. The smallest absolute Gasteiger partial charge is 0.260 e. The molecule has 0 saturated carbocycles. The predicted octanol–water partition coefficient (Wildman–Crippen LogP) is 9.01. The normalized spacial score (nSPS) is 10.4. The molecule has 4 aromatic heterocycles. The van der Waals surface area contributed by atoms with Crippen molar-refractivity contribution in [2.24, 2.45) is 0 Å². The summed E-state index contributed by atoms with van der Waals surface area (Å²) in [6.07, 6.45) is 10.1. The van der Waals surface area contributed by atoms with Gasteiger partial charge in [-0.2, -0.15) is 10.5 Å². The molecule has 8 rings (SSSR count). The third kappa shape index (κ3) is 9.42. The second-order valence-corrected chi connectivity index (χ2v) is 12.8. The summed E-state index contributed by atoms with van der Waals surface area (Å²) in [6.45, 7) is 1.41. The molecule has 8 aromatic rings. The summed E-state index contributed by atoms with van der Waals surface area (Å²) in [4.78, 5) is 73.6. The summed E-state index contributed by atoms with van der Waals surface area (Å²) in [6, 6.07) is 39.8. The number of carbonyl (C=O) groups is 3. The lowest BCUT2D eigenvalue weighted by atomic mass is 9.94. The van der Waals surface area contributed by atoms with E-state index in [1.807, 2.05) is 66.7 Å². The van der Waals surface area contributed by atoms with E-state index in [4.69, 9.17) is 10.5 Å². The van der Waals surface area contributed by atoms with Crippen LogP contribution in [0.1, 0.15) is 57.5 Å². The number of nitrogens with one attached hydrogen (secondary N) is 2. The van der Waals surface area contributed by atoms with Crippen LogP contribution < -0.4 is 11.1 Å². The Balaban J connectivity index is 0.000000222. The highest BCUT2D eigenvalue weighted by molar-refractivity contribution is 6.15. The van der Waals surface area contributed by atoms with Crippen LogP contribution in [0.3, 0.4) is 0 Å². The van der Waals surface area contributed by atoms with Gasteiger partial charge in [-0.25, -0.2) is 0 Å². The van der Waals surface area contributed by atoms with Gasteiger partial charge in [0.25, 0.3) is 11.1 Å². The molecule has 288 valence electrons. The second-order valence-electron chi connectivity index (χ2n) is 12.8. The molecule has 4 aromatic carbocycles. The Morgan fingerprint density at radius 3 is 1.59 bits per heavy atom. The number of nitrogens with zero attached hydrogens (tertiary/aromatic N) is 4. The van der Waals surface area contributed by atoms with Gasteiger partial charge in [-0.1, -0.05) is 91.0 Å². The van der Waals surface area contributed by atoms with Crippen LogP contribution >= 0.6 is 0 Å². The molecule has 0 bridgehead atoms. The highest BCUT2D eigenvalue weighted by Crippen LogP contribution is 2.30. The van der Waals surface area contributed by atoms with E-state index in [1.54, 1.807) is 91.5 Å². The van der Waals surface area contributed by atoms with E-state index in [9.17, 15) is 24.0 Å². The lowest BCUT2D eigenvalue weighted by molar-refractivity contribution is 0.101. The molecule has 4 heterocycles. The molecule has 0 aliphatic rings. The molecule has 11 heteroatoms. The van der Waals surface area contributed by atoms with Gasteiger partial charge in [-0.3, -0.25) is 33.9 Å². The van der Waals surface area contributed by atoms with Crippen molar-refractivity contribution in [1.82, 2.24) is 19.9 Å². The van der Waals surface area contributed by atoms with E-state index in [0.29, 0.717) is 44.4 Å². The van der Waals surface area contributed by atoms with E-state index in [1.165, 1.54) is 13.0 Å². The van der Waals surface area contributed by atoms with E-state index in [0.717, 1.165) is 28.2 Å². The van der Waals surface area contributed by atoms with Crippen molar-refractivity contribution in [3.05, 3.63) is 206 Å². The van der Waals surface area contributed by atoms with Crippen LogP contribution in [0.5, 0.6) is 0 Å². The molecule has 2 N–H and O–H groups in total. The third-order valence-corrected chi connectivity index (χ3v) is 8.95. The number of Topliss-reactive ketones (excluding diaryl/α,β-unsaturated/α-hetero) is 1. The lowest BCUT2D eigenvalue weighted by Gasteiger charge is -2.11. The quantitative estimate of drug-likeness (QED) is 0.0903. The summed E-state index contributed by atoms with van der Waals surface area (Å²) in [5.41, 5.74) is 5.74. The Bertz CT molecular complexity index is 3100. The number of benzene rings is 4. The number of nitriles is 2. The van der Waals surface area contributed by atoms with Gasteiger partial charge in [0, 0.05) is 42.7 Å². The fraction of sp³-hybridized carbons (Fsp3) is 0.0208. The average Bonchev–Trinajstić information content (AvgIpc) is 3.28. The van der Waals surface area contributed by atoms with Gasteiger partial charge in [0.15, 0.2) is 11.6 Å². The fourth-order valence-electron chi connectivity index (χ4n) is 6.32. The van der Waals surface area contributed by atoms with Gasteiger partial charge in [-0.15, -0.1) is 0 Å². The monoisotopic (exact) mass is 776 g/mol. The standard InChI is InChI=1S/C24H15N3O2.C16H12N2O2.C8H5NO.2H2/c25-14-17-6-4-5-16(13-17)9-10-21(28)23-22(18-7-2-1-3-8-18)19-11-12-26-15-20(19)27-24(23)29;1-10(19)14-15(11-5-3-2-4-6-11)12-7-8-17-9-13(12)18-16(14)20;9-5-7-2-1-3-8(4-7)6-10;;/h1-13,15H,(H,27,29);2-9H,1H3,(H,18,20);1-4,6H;2*1H/b10-9+;;;;. The van der Waals surface area contributed by atoms with Crippen molar-refractivity contribution in [2.45, 2.75) is 6.92 Å². The van der Waals surface area contributed by atoms with Crippen LogP contribution in [-0.2, 0) is 0 Å². The van der Waals surface area contributed by atoms with Crippen molar-refractivity contribution in [3.8, 4) is 34.4 Å². The van der Waals surface area contributed by atoms with Crippen molar-refractivity contribution >= 4 is 45.7 Å². The second kappa shape index (κ2) is 18.8. The van der Waals surface area contributed by atoms with Gasteiger partial charge in [0.1, 0.15) is 6.29 Å². The Morgan fingerprint density at radius 1 is 0.627 bits per heavy atom. The summed E-state index contributed by atoms with van der Waals surface area (Å²) in [7, 11) is 0. The molecule has 0 amide bonds. The van der Waals surface area contributed by atoms with Gasteiger partial charge >= 0.3 is 0 Å². The number of carbonyl (C=O) groups excluding carboxylic acids is 3. The minimum Gasteiger partial charge on any atom is -0.320 e. The topological polar surface area (TPSA) is 190 Å². The molecule has 0 saturated heterocycles. The molecule has 59 heavy (non-hydrogen) atoms. The van der Waals surface area contributed by atoms with Crippen LogP contribution in [0.2, 0.25) is 0 Å². The molecular weight excluding hydrogens is 741 g/mol. The summed E-state index contributed by atoms with van der Waals surface area (Å²) in [5, 5.41) is 19.0. The zero-order valence-electron chi connectivity index (χ0n) is 31.4. The van der Waals surface area contributed by atoms with Crippen LogP contribution in [-0.4, -0.2) is 37.8 Å². The van der Waals surface area contributed by atoms with E-state index in [2.05, 4.69) is 26.0 Å². The number of rotatable bonds is 7. The van der Waals surface area contributed by atoms with Crippen molar-refractivity contribution < 1.29 is 17.2 Å². The number of ketones is 2. The number of H-pyrrole nitrogens is 2. The first-order chi connectivity index (χ1) is 28.7. The largest absolute Gasteiger partial charge is 0.320 e. The molecular formula is C48H36N6O5. The zero-order valence-corrected chi connectivity index (χ0v) is 31.4. The number of aromatic nitrogens is 4. The molecule has 0 radical (unpaired) electrons. The zero-order chi connectivity index (χ0) is 41.7. The molecule has 0 unspecified atom stereocenters. The number of pyridine rings is 4. The van der Waals surface area contributed by atoms with E-state index in [-0.39, 0.29) is 25.3 Å². The first-order valence-corrected chi connectivity index (χ1v) is 18.0. The van der Waals surface area contributed by atoms with Gasteiger partial charge in [0.05, 0.1) is 57.8 Å². The Kier molecular flexibility index (Phi) is 12.7. The maximum atomic E-state index is 13.0. The molecule has 0 spiro atoms. The van der Waals surface area contributed by atoms with Crippen molar-refractivity contribution in [2.75, 3.05) is 0 Å². The molecule has 0 atom stereocenters. The molecule has 0 aliphatic carbocycles. The van der Waals surface area contributed by atoms with Crippen LogP contribution in [0.25, 0.3) is 50.1 Å². The van der Waals surface area contributed by atoms with E-state index < -0.39 is 11.3 Å². The molecule has 0 fully saturated rings. The Morgan fingerprint density at radius 2 is 1.10 bits per heavy atom. The summed E-state index contributed by atoms with van der Waals surface area (Å²) < 4.78 is 0. The lowest BCUT2D eigenvalue weighted by Crippen LogP contribution is -2.18. The van der Waals surface area contributed by atoms with Gasteiger partial charge < -0.3 is 9.97 Å². The Labute approximate surface area is 340 Å². The molecule has 11 nitrogen and oxygen atoms in total. The minimum atomic E-state index is -0.468.